The van der Waals surface area contributed by atoms with Crippen LogP contribution in [0.3, 0.4) is 0 Å². The van der Waals surface area contributed by atoms with Gasteiger partial charge in [0.15, 0.2) is 5.82 Å². The second kappa shape index (κ2) is 5.74. The van der Waals surface area contributed by atoms with E-state index in [-0.39, 0.29) is 5.91 Å². The lowest BCUT2D eigenvalue weighted by Crippen LogP contribution is -2.40. The molecule has 1 saturated heterocycles. The molecule has 1 saturated carbocycles. The Hall–Kier alpha value is -2.70. The fraction of sp³-hybridized carbons (Fsp3) is 0.412. The Labute approximate surface area is 138 Å². The van der Waals surface area contributed by atoms with E-state index >= 15 is 0 Å². The molecule has 2 fully saturated rings. The van der Waals surface area contributed by atoms with E-state index in [0.29, 0.717) is 36.8 Å². The van der Waals surface area contributed by atoms with Crippen LogP contribution < -0.4 is 0 Å². The number of amides is 1. The highest BCUT2D eigenvalue weighted by Gasteiger charge is 2.34. The zero-order chi connectivity index (χ0) is 16.7. The minimum absolute atomic E-state index is 0.254. The van der Waals surface area contributed by atoms with Gasteiger partial charge in [-0.2, -0.15) is 4.98 Å². The molecule has 2 aromatic rings. The van der Waals surface area contributed by atoms with Gasteiger partial charge in [-0.3, -0.25) is 4.79 Å². The quantitative estimate of drug-likeness (QED) is 0.925. The molecule has 7 heteroatoms. The van der Waals surface area contributed by atoms with Gasteiger partial charge in [-0.15, -0.1) is 0 Å². The summed E-state index contributed by atoms with van der Waals surface area (Å²) in [6.45, 7) is 0.478. The third-order valence-electron chi connectivity index (χ3n) is 4.56. The fourth-order valence-corrected chi connectivity index (χ4v) is 3.05. The number of likely N-dealkylation sites (tertiary alicyclic amines) is 1. The largest absolute Gasteiger partial charge is 0.480 e. The first-order valence-corrected chi connectivity index (χ1v) is 8.11. The zero-order valence-corrected chi connectivity index (χ0v) is 13.0. The molecule has 1 atom stereocenters. The van der Waals surface area contributed by atoms with E-state index in [1.54, 1.807) is 24.3 Å². The highest BCUT2D eigenvalue weighted by atomic mass is 16.5. The molecule has 0 spiro atoms. The lowest BCUT2D eigenvalue weighted by molar-refractivity contribution is -0.141. The number of aromatic nitrogens is 2. The maximum Gasteiger partial charge on any atom is 0.326 e. The smallest absolute Gasteiger partial charge is 0.326 e. The molecule has 4 rings (SSSR count). The van der Waals surface area contributed by atoms with Gasteiger partial charge in [0.1, 0.15) is 6.04 Å². The van der Waals surface area contributed by atoms with Gasteiger partial charge in [-0.05, 0) is 49.9 Å². The van der Waals surface area contributed by atoms with Crippen molar-refractivity contribution in [2.75, 3.05) is 6.54 Å². The lowest BCUT2D eigenvalue weighted by Gasteiger charge is -2.21. The van der Waals surface area contributed by atoms with Crippen molar-refractivity contribution in [2.45, 2.75) is 37.6 Å². The molecule has 7 nitrogen and oxygen atoms in total. The summed E-state index contributed by atoms with van der Waals surface area (Å²) in [6.07, 6.45) is 3.43. The maximum atomic E-state index is 12.5. The Morgan fingerprint density at radius 2 is 1.92 bits per heavy atom. The predicted molar refractivity (Wildman–Crippen MR) is 83.4 cm³/mol. The summed E-state index contributed by atoms with van der Waals surface area (Å²) in [5, 5.41) is 13.2. The van der Waals surface area contributed by atoms with Crippen molar-refractivity contribution < 1.29 is 19.2 Å². The van der Waals surface area contributed by atoms with Gasteiger partial charge in [0.2, 0.25) is 0 Å². The second-order valence-electron chi connectivity index (χ2n) is 6.30. The summed E-state index contributed by atoms with van der Waals surface area (Å²) in [5.74, 6) is 0.407. The van der Waals surface area contributed by atoms with Crippen molar-refractivity contribution in [2.24, 2.45) is 0 Å². The average molecular weight is 327 g/mol. The number of carboxylic acids is 1. The van der Waals surface area contributed by atoms with Crippen LogP contribution in [0, 0.1) is 0 Å². The number of hydrogen-bond acceptors (Lipinski definition) is 5. The van der Waals surface area contributed by atoms with Gasteiger partial charge in [0.05, 0.1) is 0 Å². The van der Waals surface area contributed by atoms with Crippen molar-refractivity contribution in [1.82, 2.24) is 15.0 Å². The van der Waals surface area contributed by atoms with Gasteiger partial charge >= 0.3 is 5.97 Å². The van der Waals surface area contributed by atoms with Gasteiger partial charge in [-0.1, -0.05) is 5.16 Å². The number of carboxylic acid groups (broad SMARTS) is 1. The molecule has 1 N–H and O–H groups in total. The molecule has 2 aliphatic rings. The molecule has 1 unspecified atom stereocenters. The third kappa shape index (κ3) is 2.66. The van der Waals surface area contributed by atoms with Crippen molar-refractivity contribution in [1.29, 1.82) is 0 Å². The molecule has 0 radical (unpaired) electrons. The first-order chi connectivity index (χ1) is 11.6. The van der Waals surface area contributed by atoms with E-state index in [2.05, 4.69) is 10.1 Å². The van der Waals surface area contributed by atoms with Gasteiger partial charge in [0, 0.05) is 23.6 Å². The van der Waals surface area contributed by atoms with E-state index in [9.17, 15) is 14.7 Å². The van der Waals surface area contributed by atoms with Crippen LogP contribution in [0.2, 0.25) is 0 Å². The van der Waals surface area contributed by atoms with Crippen molar-refractivity contribution in [3.05, 3.63) is 35.7 Å². The number of rotatable bonds is 4. The van der Waals surface area contributed by atoms with Crippen LogP contribution in [-0.4, -0.2) is 44.6 Å². The van der Waals surface area contributed by atoms with Crippen molar-refractivity contribution in [3.8, 4) is 11.5 Å². The predicted octanol–water partition coefficient (Wildman–Crippen LogP) is 2.30. The summed E-state index contributed by atoms with van der Waals surface area (Å²) < 4.78 is 5.27. The van der Waals surface area contributed by atoms with Crippen LogP contribution in [-0.2, 0) is 4.79 Å². The number of nitrogens with zero attached hydrogens (tertiary/aromatic N) is 3. The number of benzene rings is 1. The molecule has 124 valence electrons. The molecule has 1 aromatic heterocycles. The minimum atomic E-state index is -0.948. The van der Waals surface area contributed by atoms with Crippen molar-refractivity contribution >= 4 is 11.9 Å². The van der Waals surface area contributed by atoms with Gasteiger partial charge in [0.25, 0.3) is 11.8 Å². The highest BCUT2D eigenvalue weighted by Crippen LogP contribution is 2.38. The Balaban J connectivity index is 1.52. The summed E-state index contributed by atoms with van der Waals surface area (Å²) in [6, 6.07) is 6.13. The Morgan fingerprint density at radius 1 is 1.17 bits per heavy atom. The number of hydrogen-bond donors (Lipinski definition) is 1. The molecule has 1 amide bonds. The van der Waals surface area contributed by atoms with E-state index < -0.39 is 12.0 Å². The van der Waals surface area contributed by atoms with Gasteiger partial charge < -0.3 is 14.5 Å². The fourth-order valence-electron chi connectivity index (χ4n) is 3.05. The van der Waals surface area contributed by atoms with Crippen LogP contribution in [0.4, 0.5) is 0 Å². The van der Waals surface area contributed by atoms with Crippen LogP contribution in [0.5, 0.6) is 0 Å². The molecule has 1 aliphatic carbocycles. The molecule has 1 aliphatic heterocycles. The molecule has 0 bridgehead atoms. The zero-order valence-electron chi connectivity index (χ0n) is 13.0. The molecular formula is C17H17N3O4. The SMILES string of the molecule is O=C(O)C1CCCN1C(=O)c1ccc(-c2nc(C3CC3)no2)cc1. The van der Waals surface area contributed by atoms with Crippen LogP contribution >= 0.6 is 0 Å². The third-order valence-corrected chi connectivity index (χ3v) is 4.56. The first kappa shape index (κ1) is 14.9. The van der Waals surface area contributed by atoms with Gasteiger partial charge in [-0.25, -0.2) is 4.79 Å². The number of aliphatic carboxylic acids is 1. The Morgan fingerprint density at radius 3 is 2.58 bits per heavy atom. The van der Waals surface area contributed by atoms with E-state index in [1.165, 1.54) is 4.90 Å². The standard InChI is InChI=1S/C17H17N3O4/c21-16(20-9-1-2-13(20)17(22)23)12-7-5-11(6-8-12)15-18-14(19-24-15)10-3-4-10/h5-8,10,13H,1-4,9H2,(H,22,23). The van der Waals surface area contributed by atoms with E-state index in [1.807, 2.05) is 0 Å². The Bertz CT molecular complexity index is 779. The Kier molecular flexibility index (Phi) is 3.55. The van der Waals surface area contributed by atoms with Crippen LogP contribution in [0.15, 0.2) is 28.8 Å². The topological polar surface area (TPSA) is 96.5 Å². The van der Waals surface area contributed by atoms with E-state index in [0.717, 1.165) is 24.2 Å². The van der Waals surface area contributed by atoms with E-state index in [4.69, 9.17) is 4.52 Å². The molecule has 24 heavy (non-hydrogen) atoms. The average Bonchev–Trinajstić information content (AvgIpc) is 3.13. The highest BCUT2D eigenvalue weighted by molar-refractivity contribution is 5.97. The molecular weight excluding hydrogens is 310 g/mol. The second-order valence-corrected chi connectivity index (χ2v) is 6.30. The summed E-state index contributed by atoms with van der Waals surface area (Å²) >= 11 is 0. The molecule has 1 aromatic carbocycles. The first-order valence-electron chi connectivity index (χ1n) is 8.11. The van der Waals surface area contributed by atoms with Crippen LogP contribution in [0.1, 0.15) is 47.8 Å². The normalized spacial score (nSPS) is 20.3. The maximum absolute atomic E-state index is 12.5. The van der Waals surface area contributed by atoms with Crippen molar-refractivity contribution in [3.63, 3.8) is 0 Å². The minimum Gasteiger partial charge on any atom is -0.480 e. The number of carbonyl (C=O) groups excluding carboxylic acids is 1. The summed E-state index contributed by atoms with van der Waals surface area (Å²) in [7, 11) is 0. The molecule has 2 heterocycles. The summed E-state index contributed by atoms with van der Waals surface area (Å²) in [4.78, 5) is 29.6. The lowest BCUT2D eigenvalue weighted by atomic mass is 10.1. The number of carbonyl (C=O) groups is 2. The van der Waals surface area contributed by atoms with Crippen LogP contribution in [0.25, 0.3) is 11.5 Å². The summed E-state index contributed by atoms with van der Waals surface area (Å²) in [5.41, 5.74) is 1.22. The monoisotopic (exact) mass is 327 g/mol.